The molecule has 2 rings (SSSR count). The van der Waals surface area contributed by atoms with E-state index in [0.717, 1.165) is 36.2 Å². The number of halogens is 1. The Morgan fingerprint density at radius 1 is 1.33 bits per heavy atom. The summed E-state index contributed by atoms with van der Waals surface area (Å²) >= 11 is 1.73. The third-order valence-electron chi connectivity index (χ3n) is 3.03. The Morgan fingerprint density at radius 3 is 2.83 bits per heavy atom. The highest BCUT2D eigenvalue weighted by atomic mass is 127. The maximum Gasteiger partial charge on any atom is 0.213 e. The van der Waals surface area contributed by atoms with Crippen LogP contribution in [0, 0.1) is 6.92 Å². The maximum absolute atomic E-state index is 5.13. The first kappa shape index (κ1) is 20.6. The van der Waals surface area contributed by atoms with E-state index < -0.39 is 0 Å². The lowest BCUT2D eigenvalue weighted by atomic mass is 10.3. The third-order valence-corrected chi connectivity index (χ3v) is 4.01. The zero-order valence-corrected chi connectivity index (χ0v) is 17.4. The molecule has 2 aromatic rings. The van der Waals surface area contributed by atoms with Gasteiger partial charge in [0.25, 0.3) is 0 Å². The van der Waals surface area contributed by atoms with Crippen molar-refractivity contribution in [3.05, 3.63) is 40.0 Å². The lowest BCUT2D eigenvalue weighted by Crippen LogP contribution is -2.38. The molecule has 0 amide bonds. The predicted octanol–water partition coefficient (Wildman–Crippen LogP) is 2.77. The Balaban J connectivity index is 0.00000288. The van der Waals surface area contributed by atoms with Crippen LogP contribution in [0.5, 0.6) is 5.88 Å². The van der Waals surface area contributed by atoms with Gasteiger partial charge in [-0.2, -0.15) is 0 Å². The van der Waals surface area contributed by atoms with E-state index >= 15 is 0 Å². The van der Waals surface area contributed by atoms with E-state index in [-0.39, 0.29) is 24.0 Å². The van der Waals surface area contributed by atoms with Crippen molar-refractivity contribution < 1.29 is 4.74 Å². The molecule has 0 bridgehead atoms. The minimum Gasteiger partial charge on any atom is -0.481 e. The molecule has 0 aromatic carbocycles. The third kappa shape index (κ3) is 7.00. The van der Waals surface area contributed by atoms with Gasteiger partial charge >= 0.3 is 0 Å². The maximum atomic E-state index is 5.13. The Morgan fingerprint density at radius 2 is 2.17 bits per heavy atom. The number of nitrogens with one attached hydrogen (secondary N) is 2. The standard InChI is InChI=1S/C16H23N5OS.HI/c1-4-17-16(18-9-8-15-19-10-12(2)23-15)20-11-13-6-5-7-14(21-13)22-3;/h5-7,10H,4,8-9,11H2,1-3H3,(H2,17,18,20);1H. The van der Waals surface area contributed by atoms with Gasteiger partial charge in [-0.3, -0.25) is 0 Å². The molecular formula is C16H24IN5OS. The van der Waals surface area contributed by atoms with Crippen LogP contribution < -0.4 is 15.4 Å². The second-order valence-electron chi connectivity index (χ2n) is 4.91. The minimum atomic E-state index is 0. The molecule has 0 saturated heterocycles. The average Bonchev–Trinajstić information content (AvgIpc) is 2.98. The fourth-order valence-electron chi connectivity index (χ4n) is 1.97. The van der Waals surface area contributed by atoms with Crippen LogP contribution in [0.2, 0.25) is 0 Å². The normalized spacial score (nSPS) is 10.9. The molecule has 0 aliphatic heterocycles. The van der Waals surface area contributed by atoms with Crippen LogP contribution in [-0.4, -0.2) is 36.1 Å². The van der Waals surface area contributed by atoms with Crippen molar-refractivity contribution in [1.82, 2.24) is 20.6 Å². The van der Waals surface area contributed by atoms with Crippen molar-refractivity contribution >= 4 is 41.3 Å². The van der Waals surface area contributed by atoms with Gasteiger partial charge in [-0.25, -0.2) is 15.0 Å². The van der Waals surface area contributed by atoms with Gasteiger partial charge in [0, 0.05) is 36.7 Å². The van der Waals surface area contributed by atoms with E-state index in [4.69, 9.17) is 4.74 Å². The van der Waals surface area contributed by atoms with E-state index in [2.05, 4.69) is 32.5 Å². The largest absolute Gasteiger partial charge is 0.481 e. The molecule has 0 spiro atoms. The van der Waals surface area contributed by atoms with Gasteiger partial charge in [-0.05, 0) is 19.9 Å². The first-order chi connectivity index (χ1) is 11.2. The molecule has 0 aliphatic carbocycles. The minimum absolute atomic E-state index is 0. The first-order valence-corrected chi connectivity index (χ1v) is 8.46. The number of hydrogen-bond donors (Lipinski definition) is 2. The number of thiazole rings is 1. The second kappa shape index (κ2) is 11.2. The molecular weight excluding hydrogens is 437 g/mol. The van der Waals surface area contributed by atoms with Crippen molar-refractivity contribution in [3.63, 3.8) is 0 Å². The fraction of sp³-hybridized carbons (Fsp3) is 0.438. The average molecular weight is 461 g/mol. The van der Waals surface area contributed by atoms with Gasteiger partial charge in [-0.1, -0.05) is 6.07 Å². The summed E-state index contributed by atoms with van der Waals surface area (Å²) in [6.07, 6.45) is 2.80. The Labute approximate surface area is 164 Å². The molecule has 24 heavy (non-hydrogen) atoms. The smallest absolute Gasteiger partial charge is 0.213 e. The predicted molar refractivity (Wildman–Crippen MR) is 110 cm³/mol. The summed E-state index contributed by atoms with van der Waals surface area (Å²) in [5.41, 5.74) is 0.872. The van der Waals surface area contributed by atoms with Crippen LogP contribution in [0.1, 0.15) is 22.5 Å². The summed E-state index contributed by atoms with van der Waals surface area (Å²) in [5, 5.41) is 7.70. The van der Waals surface area contributed by atoms with Crippen molar-refractivity contribution in [2.45, 2.75) is 26.8 Å². The van der Waals surface area contributed by atoms with Gasteiger partial charge in [0.05, 0.1) is 24.4 Å². The van der Waals surface area contributed by atoms with Crippen LogP contribution in [-0.2, 0) is 13.0 Å². The molecule has 0 fully saturated rings. The molecule has 2 N–H and O–H groups in total. The Bertz CT molecular complexity index is 647. The highest BCUT2D eigenvalue weighted by Crippen LogP contribution is 2.11. The fourth-order valence-corrected chi connectivity index (χ4v) is 2.75. The van der Waals surface area contributed by atoms with Crippen LogP contribution in [0.4, 0.5) is 0 Å². The Kier molecular flexibility index (Phi) is 9.62. The van der Waals surface area contributed by atoms with Crippen molar-refractivity contribution in [3.8, 4) is 5.88 Å². The number of aryl methyl sites for hydroxylation is 1. The van der Waals surface area contributed by atoms with E-state index in [1.54, 1.807) is 18.4 Å². The quantitative estimate of drug-likeness (QED) is 0.377. The number of aromatic nitrogens is 2. The summed E-state index contributed by atoms with van der Waals surface area (Å²) < 4.78 is 5.13. The van der Waals surface area contributed by atoms with E-state index in [1.807, 2.05) is 31.3 Å². The second-order valence-corrected chi connectivity index (χ2v) is 6.23. The zero-order chi connectivity index (χ0) is 16.5. The summed E-state index contributed by atoms with van der Waals surface area (Å²) in [5.74, 6) is 1.39. The van der Waals surface area contributed by atoms with Crippen molar-refractivity contribution in [2.24, 2.45) is 4.99 Å². The topological polar surface area (TPSA) is 71.4 Å². The SMILES string of the molecule is CCNC(=NCc1cccc(OC)n1)NCCc1ncc(C)s1.I. The van der Waals surface area contributed by atoms with Gasteiger partial charge in [0.2, 0.25) is 5.88 Å². The number of nitrogens with zero attached hydrogens (tertiary/aromatic N) is 3. The van der Waals surface area contributed by atoms with Crippen molar-refractivity contribution in [2.75, 3.05) is 20.2 Å². The van der Waals surface area contributed by atoms with Crippen molar-refractivity contribution in [1.29, 1.82) is 0 Å². The van der Waals surface area contributed by atoms with Gasteiger partial charge < -0.3 is 15.4 Å². The molecule has 6 nitrogen and oxygen atoms in total. The number of rotatable bonds is 7. The van der Waals surface area contributed by atoms with Gasteiger partial charge in [0.15, 0.2) is 5.96 Å². The monoisotopic (exact) mass is 461 g/mol. The lowest BCUT2D eigenvalue weighted by Gasteiger charge is -2.10. The lowest BCUT2D eigenvalue weighted by molar-refractivity contribution is 0.396. The summed E-state index contributed by atoms with van der Waals surface area (Å²) in [6.45, 7) is 6.23. The number of aliphatic imine (C=N–C) groups is 1. The van der Waals surface area contributed by atoms with E-state index in [0.29, 0.717) is 12.4 Å². The van der Waals surface area contributed by atoms with Crippen LogP contribution in [0.25, 0.3) is 0 Å². The van der Waals surface area contributed by atoms with Gasteiger partial charge in [0.1, 0.15) is 0 Å². The van der Waals surface area contributed by atoms with Crippen LogP contribution >= 0.6 is 35.3 Å². The van der Waals surface area contributed by atoms with E-state index in [1.165, 1.54) is 4.88 Å². The number of hydrogen-bond acceptors (Lipinski definition) is 5. The molecule has 0 atom stereocenters. The summed E-state index contributed by atoms with van der Waals surface area (Å²) in [6, 6.07) is 5.68. The molecule has 8 heteroatoms. The zero-order valence-electron chi connectivity index (χ0n) is 14.2. The molecule has 132 valence electrons. The van der Waals surface area contributed by atoms with Crippen LogP contribution in [0.15, 0.2) is 29.4 Å². The summed E-state index contributed by atoms with van der Waals surface area (Å²) in [7, 11) is 1.61. The highest BCUT2D eigenvalue weighted by Gasteiger charge is 2.02. The molecule has 2 heterocycles. The Hall–Kier alpha value is -1.42. The molecule has 0 unspecified atom stereocenters. The number of methoxy groups -OCH3 is 1. The molecule has 0 saturated carbocycles. The molecule has 0 radical (unpaired) electrons. The number of pyridine rings is 1. The van der Waals surface area contributed by atoms with Crippen LogP contribution in [0.3, 0.4) is 0 Å². The number of ether oxygens (including phenoxy) is 1. The summed E-state index contributed by atoms with van der Waals surface area (Å²) in [4.78, 5) is 14.5. The number of guanidine groups is 1. The first-order valence-electron chi connectivity index (χ1n) is 7.64. The van der Waals surface area contributed by atoms with E-state index in [9.17, 15) is 0 Å². The highest BCUT2D eigenvalue weighted by molar-refractivity contribution is 14.0. The molecule has 2 aromatic heterocycles. The van der Waals surface area contributed by atoms with Gasteiger partial charge in [-0.15, -0.1) is 35.3 Å². The molecule has 0 aliphatic rings.